The Morgan fingerprint density at radius 2 is 1.62 bits per heavy atom. The first-order valence-electron chi connectivity index (χ1n) is 10.7. The summed E-state index contributed by atoms with van der Waals surface area (Å²) in [5, 5.41) is 1.02. The molecule has 4 rings (SSSR count). The zero-order valence-electron chi connectivity index (χ0n) is 18.4. The number of pyridine rings is 1. The van der Waals surface area contributed by atoms with Crippen LogP contribution >= 0.6 is 0 Å². The lowest BCUT2D eigenvalue weighted by atomic mass is 9.91. The van der Waals surface area contributed by atoms with Gasteiger partial charge in [-0.1, -0.05) is 44.0 Å². The normalized spacial score (nSPS) is 14.1. The van der Waals surface area contributed by atoms with Crippen LogP contribution in [0.25, 0.3) is 22.0 Å². The Morgan fingerprint density at radius 1 is 0.966 bits per heavy atom. The van der Waals surface area contributed by atoms with E-state index >= 15 is 0 Å². The van der Waals surface area contributed by atoms with Crippen LogP contribution < -0.4 is 4.90 Å². The molecule has 0 fully saturated rings. The van der Waals surface area contributed by atoms with Crippen molar-refractivity contribution in [3.05, 3.63) is 58.3 Å². The summed E-state index contributed by atoms with van der Waals surface area (Å²) < 4.78 is 0. The van der Waals surface area contributed by atoms with E-state index in [0.29, 0.717) is 0 Å². The van der Waals surface area contributed by atoms with Crippen LogP contribution in [-0.4, -0.2) is 16.9 Å². The highest BCUT2D eigenvalue weighted by Crippen LogP contribution is 2.44. The fourth-order valence-electron chi connectivity index (χ4n) is 5.07. The summed E-state index contributed by atoms with van der Waals surface area (Å²) in [4.78, 5) is 20.4. The van der Waals surface area contributed by atoms with E-state index in [2.05, 4.69) is 58.9 Å². The maximum Gasteiger partial charge on any atom is 0.259 e. The minimum atomic E-state index is 0.126. The van der Waals surface area contributed by atoms with Gasteiger partial charge in [0.25, 0.3) is 5.91 Å². The number of aromatic nitrogens is 1. The number of hydrogen-bond acceptors (Lipinski definition) is 2. The van der Waals surface area contributed by atoms with Crippen LogP contribution in [0, 0.1) is 27.7 Å². The van der Waals surface area contributed by atoms with Crippen LogP contribution in [0.3, 0.4) is 0 Å². The molecular formula is C26H30N2O. The van der Waals surface area contributed by atoms with Gasteiger partial charge < -0.3 is 4.90 Å². The van der Waals surface area contributed by atoms with Gasteiger partial charge in [-0.25, -0.2) is 0 Å². The van der Waals surface area contributed by atoms with E-state index in [1.807, 2.05) is 17.9 Å². The summed E-state index contributed by atoms with van der Waals surface area (Å²) in [5.41, 5.74) is 9.88. The second-order valence-electron chi connectivity index (χ2n) is 8.47. The molecule has 1 aromatic heterocycles. The molecule has 1 atom stereocenters. The molecule has 0 aliphatic carbocycles. The Labute approximate surface area is 173 Å². The Kier molecular flexibility index (Phi) is 4.94. The molecule has 3 nitrogen and oxygen atoms in total. The third-order valence-corrected chi connectivity index (χ3v) is 6.18. The van der Waals surface area contributed by atoms with Crippen molar-refractivity contribution < 1.29 is 4.79 Å². The van der Waals surface area contributed by atoms with Gasteiger partial charge in [-0.2, -0.15) is 0 Å². The van der Waals surface area contributed by atoms with Gasteiger partial charge in [0.2, 0.25) is 0 Å². The highest BCUT2D eigenvalue weighted by molar-refractivity contribution is 6.26. The van der Waals surface area contributed by atoms with Crippen molar-refractivity contribution in [1.29, 1.82) is 0 Å². The number of benzene rings is 2. The molecule has 2 aromatic carbocycles. The van der Waals surface area contributed by atoms with Crippen LogP contribution in [0.15, 0.2) is 30.3 Å². The summed E-state index contributed by atoms with van der Waals surface area (Å²) >= 11 is 0. The summed E-state index contributed by atoms with van der Waals surface area (Å²) in [6, 6.07) is 10.9. The van der Waals surface area contributed by atoms with Crippen molar-refractivity contribution in [2.45, 2.75) is 66.8 Å². The van der Waals surface area contributed by atoms with Gasteiger partial charge in [0.1, 0.15) is 0 Å². The molecule has 1 amide bonds. The summed E-state index contributed by atoms with van der Waals surface area (Å²) in [5.74, 6) is 0.126. The van der Waals surface area contributed by atoms with Gasteiger partial charge in [0.05, 0.1) is 16.8 Å². The Morgan fingerprint density at radius 3 is 2.24 bits per heavy atom. The molecule has 1 aliphatic rings. The lowest BCUT2D eigenvalue weighted by Crippen LogP contribution is -2.37. The van der Waals surface area contributed by atoms with Crippen molar-refractivity contribution in [2.75, 3.05) is 4.90 Å². The van der Waals surface area contributed by atoms with Gasteiger partial charge in [-0.05, 0) is 69.4 Å². The first-order chi connectivity index (χ1) is 13.9. The number of nitrogens with zero attached hydrogens (tertiary/aromatic N) is 2. The Balaban J connectivity index is 2.02. The minimum absolute atomic E-state index is 0.126. The van der Waals surface area contributed by atoms with E-state index in [4.69, 9.17) is 4.98 Å². The molecule has 3 heteroatoms. The number of amides is 1. The largest absolute Gasteiger partial charge is 0.305 e. The molecule has 1 aliphatic heterocycles. The van der Waals surface area contributed by atoms with E-state index in [1.54, 1.807) is 0 Å². The SMILES string of the molecule is CCCC(CC)N1C(=O)c2ccc(-c3c(C)cc(C)cc3C)c3nc(C)cc1c23. The number of rotatable bonds is 5. The van der Waals surface area contributed by atoms with Crippen LogP contribution in [0.5, 0.6) is 0 Å². The van der Waals surface area contributed by atoms with Crippen LogP contribution in [0.4, 0.5) is 5.69 Å². The second kappa shape index (κ2) is 7.29. The van der Waals surface area contributed by atoms with E-state index in [1.165, 1.54) is 22.3 Å². The molecule has 2 heterocycles. The highest BCUT2D eigenvalue weighted by atomic mass is 16.2. The third-order valence-electron chi connectivity index (χ3n) is 6.18. The van der Waals surface area contributed by atoms with E-state index in [0.717, 1.165) is 52.7 Å². The molecule has 0 saturated heterocycles. The monoisotopic (exact) mass is 386 g/mol. The summed E-state index contributed by atoms with van der Waals surface area (Å²) in [7, 11) is 0. The molecule has 0 N–H and O–H groups in total. The van der Waals surface area contributed by atoms with Crippen LogP contribution in [-0.2, 0) is 0 Å². The van der Waals surface area contributed by atoms with E-state index in [9.17, 15) is 4.79 Å². The fraction of sp³-hybridized carbons (Fsp3) is 0.385. The van der Waals surface area contributed by atoms with Gasteiger partial charge in [0.15, 0.2) is 0 Å². The molecule has 150 valence electrons. The quantitative estimate of drug-likeness (QED) is 0.490. The highest BCUT2D eigenvalue weighted by Gasteiger charge is 2.35. The minimum Gasteiger partial charge on any atom is -0.305 e. The number of hydrogen-bond donors (Lipinski definition) is 0. The topological polar surface area (TPSA) is 33.2 Å². The number of carbonyl (C=O) groups excluding carboxylic acids is 1. The molecule has 1 unspecified atom stereocenters. The van der Waals surface area contributed by atoms with Crippen LogP contribution in [0.1, 0.15) is 65.9 Å². The predicted octanol–water partition coefficient (Wildman–Crippen LogP) is 6.67. The molecule has 3 aromatic rings. The first-order valence-corrected chi connectivity index (χ1v) is 10.7. The van der Waals surface area contributed by atoms with Gasteiger partial charge in [-0.3, -0.25) is 9.78 Å². The second-order valence-corrected chi connectivity index (χ2v) is 8.47. The zero-order valence-corrected chi connectivity index (χ0v) is 18.4. The average molecular weight is 387 g/mol. The van der Waals surface area contributed by atoms with Crippen molar-refractivity contribution >= 4 is 22.5 Å². The van der Waals surface area contributed by atoms with Gasteiger partial charge in [-0.15, -0.1) is 0 Å². The predicted molar refractivity (Wildman–Crippen MR) is 122 cm³/mol. The van der Waals surface area contributed by atoms with Gasteiger partial charge >= 0.3 is 0 Å². The smallest absolute Gasteiger partial charge is 0.259 e. The first kappa shape index (κ1) is 19.6. The molecule has 0 radical (unpaired) electrons. The molecule has 29 heavy (non-hydrogen) atoms. The Bertz CT molecular complexity index is 1110. The maximum atomic E-state index is 13.4. The van der Waals surface area contributed by atoms with Crippen molar-refractivity contribution in [3.63, 3.8) is 0 Å². The van der Waals surface area contributed by atoms with Crippen molar-refractivity contribution in [3.8, 4) is 11.1 Å². The summed E-state index contributed by atoms with van der Waals surface area (Å²) in [6.45, 7) is 12.9. The lowest BCUT2D eigenvalue weighted by Gasteiger charge is -2.28. The lowest BCUT2D eigenvalue weighted by molar-refractivity contribution is 0.0981. The molecule has 0 spiro atoms. The third kappa shape index (κ3) is 3.04. The van der Waals surface area contributed by atoms with Crippen molar-refractivity contribution in [1.82, 2.24) is 4.98 Å². The van der Waals surface area contributed by atoms with Gasteiger partial charge in [0, 0.05) is 22.7 Å². The molecule has 0 saturated carbocycles. The zero-order chi connectivity index (χ0) is 20.9. The number of aryl methyl sites for hydroxylation is 4. The number of anilines is 1. The molecule has 0 bridgehead atoms. The Hall–Kier alpha value is -2.68. The van der Waals surface area contributed by atoms with E-state index in [-0.39, 0.29) is 11.9 Å². The average Bonchev–Trinajstić information content (AvgIpc) is 2.93. The maximum absolute atomic E-state index is 13.4. The number of carbonyl (C=O) groups is 1. The van der Waals surface area contributed by atoms with E-state index < -0.39 is 0 Å². The standard InChI is InChI=1S/C26H30N2O/c1-7-9-19(8-2)28-22-14-18(6)27-25-20(10-11-21(24(22)25)26(28)29)23-16(4)12-15(3)13-17(23)5/h10-14,19H,7-9H2,1-6H3. The summed E-state index contributed by atoms with van der Waals surface area (Å²) in [6.07, 6.45) is 3.04. The molecular weight excluding hydrogens is 356 g/mol. The van der Waals surface area contributed by atoms with Crippen LogP contribution in [0.2, 0.25) is 0 Å². The fourth-order valence-corrected chi connectivity index (χ4v) is 5.07. The van der Waals surface area contributed by atoms with Crippen molar-refractivity contribution in [2.24, 2.45) is 0 Å².